The van der Waals surface area contributed by atoms with E-state index >= 15 is 0 Å². The molecular weight excluding hydrogens is 198 g/mol. The van der Waals surface area contributed by atoms with Crippen molar-refractivity contribution in [2.75, 3.05) is 0 Å². The molecule has 0 aliphatic heterocycles. The van der Waals surface area contributed by atoms with Gasteiger partial charge >= 0.3 is 0 Å². The molecular formula is C12H18F2O. The van der Waals surface area contributed by atoms with E-state index in [1.54, 1.807) is 6.08 Å². The molecule has 1 unspecified atom stereocenters. The Morgan fingerprint density at radius 2 is 2.13 bits per heavy atom. The second kappa shape index (κ2) is 4.86. The Labute approximate surface area is 89.6 Å². The fraction of sp³-hybridized carbons (Fsp3) is 0.750. The summed E-state index contributed by atoms with van der Waals surface area (Å²) in [4.78, 5) is 11.4. The predicted molar refractivity (Wildman–Crippen MR) is 56.0 cm³/mol. The Bertz CT molecular complexity index is 265. The molecule has 1 nitrogen and oxygen atoms in total. The maximum absolute atomic E-state index is 13.0. The lowest BCUT2D eigenvalue weighted by Gasteiger charge is -2.28. The zero-order valence-corrected chi connectivity index (χ0v) is 9.35. The molecule has 0 heterocycles. The van der Waals surface area contributed by atoms with Gasteiger partial charge < -0.3 is 0 Å². The van der Waals surface area contributed by atoms with E-state index in [9.17, 15) is 13.6 Å². The number of carbonyl (C=O) groups excluding carboxylic acids is 1. The van der Waals surface area contributed by atoms with E-state index in [0.717, 1.165) is 12.0 Å². The first-order valence-electron chi connectivity index (χ1n) is 5.44. The molecule has 1 aliphatic rings. The quantitative estimate of drug-likeness (QED) is 0.657. The maximum atomic E-state index is 13.0. The molecule has 1 rings (SSSR count). The van der Waals surface area contributed by atoms with Gasteiger partial charge in [-0.3, -0.25) is 4.79 Å². The fourth-order valence-corrected chi connectivity index (χ4v) is 2.12. The fourth-order valence-electron chi connectivity index (χ4n) is 2.12. The lowest BCUT2D eigenvalue weighted by molar-refractivity contribution is -0.117. The number of ketones is 1. The third-order valence-corrected chi connectivity index (χ3v) is 2.68. The van der Waals surface area contributed by atoms with Crippen molar-refractivity contribution in [1.82, 2.24) is 0 Å². The van der Waals surface area contributed by atoms with Gasteiger partial charge in [-0.1, -0.05) is 5.57 Å². The summed E-state index contributed by atoms with van der Waals surface area (Å²) in [6.07, 6.45) is 3.00. The lowest BCUT2D eigenvalue weighted by atomic mass is 9.83. The van der Waals surface area contributed by atoms with Crippen molar-refractivity contribution < 1.29 is 13.6 Å². The van der Waals surface area contributed by atoms with Gasteiger partial charge in [0.25, 0.3) is 0 Å². The highest BCUT2D eigenvalue weighted by molar-refractivity contribution is 5.90. The predicted octanol–water partition coefficient (Wildman–Crippen LogP) is 3.74. The number of hydrogen-bond acceptors (Lipinski definition) is 1. The third kappa shape index (κ3) is 4.54. The van der Waals surface area contributed by atoms with Crippen molar-refractivity contribution >= 4 is 5.78 Å². The van der Waals surface area contributed by atoms with Gasteiger partial charge in [-0.25, -0.2) is 8.78 Å². The number of hydrogen-bond donors (Lipinski definition) is 0. The summed E-state index contributed by atoms with van der Waals surface area (Å²) >= 11 is 0. The maximum Gasteiger partial charge on any atom is 0.248 e. The SMILES string of the molecule is CC(C)=CC(=O)CC1CCCC(F)(F)C1. The van der Waals surface area contributed by atoms with E-state index in [1.165, 1.54) is 0 Å². The van der Waals surface area contributed by atoms with Crippen LogP contribution >= 0.6 is 0 Å². The van der Waals surface area contributed by atoms with E-state index in [2.05, 4.69) is 0 Å². The number of alkyl halides is 2. The first-order chi connectivity index (χ1) is 6.89. The van der Waals surface area contributed by atoms with E-state index in [-0.39, 0.29) is 31.0 Å². The van der Waals surface area contributed by atoms with Crippen molar-refractivity contribution in [3.8, 4) is 0 Å². The summed E-state index contributed by atoms with van der Waals surface area (Å²) in [6.45, 7) is 3.68. The largest absolute Gasteiger partial charge is 0.295 e. The summed E-state index contributed by atoms with van der Waals surface area (Å²) in [6, 6.07) is 0. The molecule has 0 aromatic heterocycles. The van der Waals surface area contributed by atoms with Gasteiger partial charge in [0.05, 0.1) is 0 Å². The smallest absolute Gasteiger partial charge is 0.248 e. The Morgan fingerprint density at radius 3 is 2.67 bits per heavy atom. The number of carbonyl (C=O) groups is 1. The number of rotatable bonds is 3. The van der Waals surface area contributed by atoms with Crippen LogP contribution in [0.4, 0.5) is 8.78 Å². The molecule has 15 heavy (non-hydrogen) atoms. The van der Waals surface area contributed by atoms with Crippen LogP contribution in [0.5, 0.6) is 0 Å². The zero-order valence-electron chi connectivity index (χ0n) is 9.35. The number of allylic oxidation sites excluding steroid dienone is 2. The molecule has 0 aromatic carbocycles. The molecule has 0 amide bonds. The van der Waals surface area contributed by atoms with Crippen molar-refractivity contribution in [2.45, 2.75) is 51.9 Å². The van der Waals surface area contributed by atoms with Crippen LogP contribution in [0.15, 0.2) is 11.6 Å². The Balaban J connectivity index is 2.45. The second-order valence-electron chi connectivity index (χ2n) is 4.71. The van der Waals surface area contributed by atoms with E-state index in [0.29, 0.717) is 6.42 Å². The van der Waals surface area contributed by atoms with Crippen LogP contribution in [0.2, 0.25) is 0 Å². The van der Waals surface area contributed by atoms with Gasteiger partial charge in [0, 0.05) is 19.3 Å². The highest BCUT2D eigenvalue weighted by Crippen LogP contribution is 2.38. The molecule has 1 saturated carbocycles. The average Bonchev–Trinajstić information content (AvgIpc) is 1.99. The molecule has 1 aliphatic carbocycles. The van der Waals surface area contributed by atoms with Gasteiger partial charge in [-0.2, -0.15) is 0 Å². The molecule has 0 radical (unpaired) electrons. The van der Waals surface area contributed by atoms with Crippen LogP contribution in [0, 0.1) is 5.92 Å². The molecule has 3 heteroatoms. The van der Waals surface area contributed by atoms with Gasteiger partial charge in [0.2, 0.25) is 5.92 Å². The molecule has 1 fully saturated rings. The van der Waals surface area contributed by atoms with Gasteiger partial charge in [0.1, 0.15) is 0 Å². The molecule has 0 aromatic rings. The minimum atomic E-state index is -2.55. The Kier molecular flexibility index (Phi) is 4.00. The van der Waals surface area contributed by atoms with Gasteiger partial charge in [0.15, 0.2) is 5.78 Å². The Hall–Kier alpha value is -0.730. The second-order valence-corrected chi connectivity index (χ2v) is 4.71. The monoisotopic (exact) mass is 216 g/mol. The zero-order chi connectivity index (χ0) is 11.5. The Morgan fingerprint density at radius 1 is 1.47 bits per heavy atom. The molecule has 0 N–H and O–H groups in total. The highest BCUT2D eigenvalue weighted by atomic mass is 19.3. The van der Waals surface area contributed by atoms with E-state index in [1.807, 2.05) is 13.8 Å². The van der Waals surface area contributed by atoms with Crippen LogP contribution < -0.4 is 0 Å². The van der Waals surface area contributed by atoms with Crippen molar-refractivity contribution in [1.29, 1.82) is 0 Å². The average molecular weight is 216 g/mol. The summed E-state index contributed by atoms with van der Waals surface area (Å²) in [7, 11) is 0. The minimum absolute atomic E-state index is 0.0136. The van der Waals surface area contributed by atoms with Crippen LogP contribution in [0.3, 0.4) is 0 Å². The van der Waals surface area contributed by atoms with E-state index < -0.39 is 5.92 Å². The minimum Gasteiger partial charge on any atom is -0.295 e. The standard InChI is InChI=1S/C12H18F2O/c1-9(2)6-11(15)7-10-4-3-5-12(13,14)8-10/h6,10H,3-5,7-8H2,1-2H3. The lowest BCUT2D eigenvalue weighted by Crippen LogP contribution is -2.27. The molecule has 1 atom stereocenters. The highest BCUT2D eigenvalue weighted by Gasteiger charge is 2.36. The molecule has 0 bridgehead atoms. The first kappa shape index (κ1) is 12.3. The van der Waals surface area contributed by atoms with Gasteiger partial charge in [-0.15, -0.1) is 0 Å². The molecule has 0 saturated heterocycles. The summed E-state index contributed by atoms with van der Waals surface area (Å²) in [5.74, 6) is -2.69. The van der Waals surface area contributed by atoms with Crippen LogP contribution in [0.1, 0.15) is 46.0 Å². The van der Waals surface area contributed by atoms with Crippen molar-refractivity contribution in [3.63, 3.8) is 0 Å². The van der Waals surface area contributed by atoms with Crippen molar-refractivity contribution in [2.24, 2.45) is 5.92 Å². The third-order valence-electron chi connectivity index (χ3n) is 2.68. The molecule has 86 valence electrons. The topological polar surface area (TPSA) is 17.1 Å². The van der Waals surface area contributed by atoms with Crippen LogP contribution in [0.25, 0.3) is 0 Å². The van der Waals surface area contributed by atoms with Crippen LogP contribution in [-0.4, -0.2) is 11.7 Å². The van der Waals surface area contributed by atoms with Gasteiger partial charge in [-0.05, 0) is 38.7 Å². The van der Waals surface area contributed by atoms with Crippen LogP contribution in [-0.2, 0) is 4.79 Å². The van der Waals surface area contributed by atoms with E-state index in [4.69, 9.17) is 0 Å². The number of halogens is 2. The summed E-state index contributed by atoms with van der Waals surface area (Å²) in [5, 5.41) is 0. The molecule has 0 spiro atoms. The first-order valence-corrected chi connectivity index (χ1v) is 5.44. The van der Waals surface area contributed by atoms with Crippen molar-refractivity contribution in [3.05, 3.63) is 11.6 Å². The summed E-state index contributed by atoms with van der Waals surface area (Å²) in [5.41, 5.74) is 0.933. The summed E-state index contributed by atoms with van der Waals surface area (Å²) < 4.78 is 26.1. The normalized spacial score (nSPS) is 24.7.